The molecule has 2 N–H and O–H groups in total. The lowest BCUT2D eigenvalue weighted by Crippen LogP contribution is -2.35. The van der Waals surface area contributed by atoms with Gasteiger partial charge < -0.3 is 15.2 Å². The van der Waals surface area contributed by atoms with Crippen molar-refractivity contribution in [2.24, 2.45) is 0 Å². The second-order valence-corrected chi connectivity index (χ2v) is 7.34. The molecule has 1 spiro atoms. The van der Waals surface area contributed by atoms with Crippen LogP contribution in [0, 0.1) is 0 Å². The van der Waals surface area contributed by atoms with Crippen molar-refractivity contribution in [3.8, 4) is 0 Å². The maximum absolute atomic E-state index is 10.9. The highest BCUT2D eigenvalue weighted by Gasteiger charge is 2.52. The molecular formula is C13H17BrN2O3S. The molecule has 20 heavy (non-hydrogen) atoms. The van der Waals surface area contributed by atoms with Gasteiger partial charge in [-0.3, -0.25) is 0 Å². The standard InChI is InChI=1S/C13H17BrN2O3S/c14-9-6-20-11(16-9)13(19-5-10(17)18)7-12(15-8-13)3-1-2-4-12/h6,15H,1-5,7-8H2,(H,17,18). The van der Waals surface area contributed by atoms with Gasteiger partial charge in [-0.1, -0.05) is 12.8 Å². The van der Waals surface area contributed by atoms with Crippen molar-refractivity contribution in [1.29, 1.82) is 0 Å². The van der Waals surface area contributed by atoms with Crippen molar-refractivity contribution in [2.45, 2.75) is 43.2 Å². The Bertz CT molecular complexity index is 515. The third kappa shape index (κ3) is 2.64. The molecule has 1 aromatic rings. The normalized spacial score (nSPS) is 28.2. The van der Waals surface area contributed by atoms with Gasteiger partial charge in [-0.05, 0) is 28.8 Å². The Morgan fingerprint density at radius 2 is 2.30 bits per heavy atom. The molecule has 0 aromatic carbocycles. The number of nitrogens with one attached hydrogen (secondary N) is 1. The van der Waals surface area contributed by atoms with Crippen LogP contribution in [0.3, 0.4) is 0 Å². The van der Waals surface area contributed by atoms with Crippen LogP contribution in [0.5, 0.6) is 0 Å². The Balaban J connectivity index is 1.86. The largest absolute Gasteiger partial charge is 0.480 e. The first-order valence-electron chi connectivity index (χ1n) is 6.76. The molecule has 7 heteroatoms. The van der Waals surface area contributed by atoms with Crippen LogP contribution < -0.4 is 5.32 Å². The molecule has 110 valence electrons. The number of thiazole rings is 1. The van der Waals surface area contributed by atoms with E-state index in [-0.39, 0.29) is 12.1 Å². The number of aliphatic carboxylic acids is 1. The predicted molar refractivity (Wildman–Crippen MR) is 78.9 cm³/mol. The number of rotatable bonds is 4. The van der Waals surface area contributed by atoms with Crippen molar-refractivity contribution in [3.63, 3.8) is 0 Å². The minimum Gasteiger partial charge on any atom is -0.480 e. The van der Waals surface area contributed by atoms with Gasteiger partial charge in [0.05, 0.1) is 0 Å². The first kappa shape index (κ1) is 14.4. The third-order valence-corrected chi connectivity index (χ3v) is 6.01. The summed E-state index contributed by atoms with van der Waals surface area (Å²) in [4.78, 5) is 15.4. The van der Waals surface area contributed by atoms with Crippen LogP contribution >= 0.6 is 27.3 Å². The highest BCUT2D eigenvalue weighted by molar-refractivity contribution is 9.10. The van der Waals surface area contributed by atoms with Crippen LogP contribution in [-0.4, -0.2) is 34.8 Å². The van der Waals surface area contributed by atoms with Gasteiger partial charge in [-0.15, -0.1) is 11.3 Å². The first-order chi connectivity index (χ1) is 9.54. The maximum atomic E-state index is 10.9. The van der Waals surface area contributed by atoms with Gasteiger partial charge in [-0.25, -0.2) is 9.78 Å². The smallest absolute Gasteiger partial charge is 0.329 e. The number of hydrogen-bond acceptors (Lipinski definition) is 5. The summed E-state index contributed by atoms with van der Waals surface area (Å²) in [5.41, 5.74) is -0.490. The fourth-order valence-electron chi connectivity index (χ4n) is 3.39. The SMILES string of the molecule is O=C(O)COC1(c2nc(Br)cs2)CNC2(CCCC2)C1. The molecule has 2 heterocycles. The van der Waals surface area contributed by atoms with E-state index < -0.39 is 11.6 Å². The average Bonchev–Trinajstić information content (AvgIpc) is 3.10. The van der Waals surface area contributed by atoms with E-state index in [9.17, 15) is 4.79 Å². The Kier molecular flexibility index (Phi) is 3.87. The summed E-state index contributed by atoms with van der Waals surface area (Å²) >= 11 is 4.89. The molecule has 1 atom stereocenters. The Morgan fingerprint density at radius 3 is 2.90 bits per heavy atom. The molecule has 5 nitrogen and oxygen atoms in total. The van der Waals surface area contributed by atoms with Crippen LogP contribution in [0.25, 0.3) is 0 Å². The van der Waals surface area contributed by atoms with E-state index in [1.807, 2.05) is 5.38 Å². The van der Waals surface area contributed by atoms with Crippen LogP contribution in [0.2, 0.25) is 0 Å². The van der Waals surface area contributed by atoms with Crippen molar-refractivity contribution >= 4 is 33.2 Å². The first-order valence-corrected chi connectivity index (χ1v) is 8.43. The summed E-state index contributed by atoms with van der Waals surface area (Å²) in [6.07, 6.45) is 5.54. The van der Waals surface area contributed by atoms with Crippen LogP contribution in [0.15, 0.2) is 9.98 Å². The van der Waals surface area contributed by atoms with Crippen LogP contribution in [-0.2, 0) is 15.1 Å². The molecule has 2 aliphatic rings. The minimum atomic E-state index is -0.938. The zero-order valence-corrected chi connectivity index (χ0v) is 13.4. The monoisotopic (exact) mass is 360 g/mol. The fourth-order valence-corrected chi connectivity index (χ4v) is 4.79. The van der Waals surface area contributed by atoms with Crippen LogP contribution in [0.1, 0.15) is 37.1 Å². The number of hydrogen-bond donors (Lipinski definition) is 2. The molecule has 1 unspecified atom stereocenters. The number of halogens is 1. The number of carboxylic acids is 1. The molecule has 1 saturated carbocycles. The summed E-state index contributed by atoms with van der Waals surface area (Å²) in [5, 5.41) is 15.3. The summed E-state index contributed by atoms with van der Waals surface area (Å²) in [7, 11) is 0. The van der Waals surface area contributed by atoms with Gasteiger partial charge in [0.25, 0.3) is 0 Å². The fraction of sp³-hybridized carbons (Fsp3) is 0.692. The Labute approximate surface area is 129 Å². The van der Waals surface area contributed by atoms with Gasteiger partial charge in [-0.2, -0.15) is 0 Å². The van der Waals surface area contributed by atoms with E-state index in [1.54, 1.807) is 0 Å². The summed E-state index contributed by atoms with van der Waals surface area (Å²) in [5.74, 6) is -0.938. The number of ether oxygens (including phenoxy) is 1. The van der Waals surface area contributed by atoms with Crippen molar-refractivity contribution in [2.75, 3.05) is 13.2 Å². The van der Waals surface area contributed by atoms with E-state index in [4.69, 9.17) is 9.84 Å². The molecule has 2 fully saturated rings. The number of aromatic nitrogens is 1. The number of nitrogens with zero attached hydrogens (tertiary/aromatic N) is 1. The topological polar surface area (TPSA) is 71.5 Å². The summed E-state index contributed by atoms with van der Waals surface area (Å²) in [6, 6.07) is 0. The van der Waals surface area contributed by atoms with E-state index in [0.29, 0.717) is 6.54 Å². The van der Waals surface area contributed by atoms with Gasteiger partial charge in [0.15, 0.2) is 0 Å². The van der Waals surface area contributed by atoms with E-state index in [1.165, 1.54) is 24.2 Å². The van der Waals surface area contributed by atoms with Gasteiger partial charge in [0, 0.05) is 23.9 Å². The second kappa shape index (κ2) is 5.36. The molecule has 3 rings (SSSR count). The quantitative estimate of drug-likeness (QED) is 0.862. The minimum absolute atomic E-state index is 0.108. The average molecular weight is 361 g/mol. The highest BCUT2D eigenvalue weighted by Crippen LogP contribution is 2.47. The van der Waals surface area contributed by atoms with E-state index in [0.717, 1.165) is 28.9 Å². The summed E-state index contributed by atoms with van der Waals surface area (Å²) in [6.45, 7) is 0.356. The van der Waals surface area contributed by atoms with Gasteiger partial charge >= 0.3 is 5.97 Å². The zero-order valence-electron chi connectivity index (χ0n) is 11.0. The van der Waals surface area contributed by atoms with Crippen molar-refractivity contribution < 1.29 is 14.6 Å². The highest BCUT2D eigenvalue weighted by atomic mass is 79.9. The molecular weight excluding hydrogens is 344 g/mol. The van der Waals surface area contributed by atoms with Crippen molar-refractivity contribution in [3.05, 3.63) is 15.0 Å². The van der Waals surface area contributed by atoms with E-state index >= 15 is 0 Å². The molecule has 1 saturated heterocycles. The predicted octanol–water partition coefficient (Wildman–Crippen LogP) is 2.51. The molecule has 0 radical (unpaired) electrons. The lowest BCUT2D eigenvalue weighted by Gasteiger charge is -2.28. The third-order valence-electron chi connectivity index (χ3n) is 4.27. The maximum Gasteiger partial charge on any atom is 0.329 e. The van der Waals surface area contributed by atoms with E-state index in [2.05, 4.69) is 26.2 Å². The van der Waals surface area contributed by atoms with Crippen LogP contribution in [0.4, 0.5) is 0 Å². The number of carboxylic acid groups (broad SMARTS) is 1. The zero-order chi connectivity index (χ0) is 14.2. The Hall–Kier alpha value is -0.500. The molecule has 1 aromatic heterocycles. The lowest BCUT2D eigenvalue weighted by molar-refractivity contribution is -0.149. The molecule has 0 bridgehead atoms. The van der Waals surface area contributed by atoms with Gasteiger partial charge in [0.1, 0.15) is 21.8 Å². The molecule has 1 aliphatic heterocycles. The number of carbonyl (C=O) groups is 1. The lowest BCUT2D eigenvalue weighted by atomic mass is 9.89. The van der Waals surface area contributed by atoms with Gasteiger partial charge in [0.2, 0.25) is 0 Å². The Morgan fingerprint density at radius 1 is 1.55 bits per heavy atom. The van der Waals surface area contributed by atoms with Crippen molar-refractivity contribution in [1.82, 2.24) is 10.3 Å². The second-order valence-electron chi connectivity index (χ2n) is 5.67. The molecule has 0 amide bonds. The summed E-state index contributed by atoms with van der Waals surface area (Å²) < 4.78 is 6.58. The molecule has 1 aliphatic carbocycles.